The van der Waals surface area contributed by atoms with Crippen molar-refractivity contribution in [1.29, 1.82) is 0 Å². The van der Waals surface area contributed by atoms with Crippen LogP contribution in [-0.4, -0.2) is 24.2 Å². The third kappa shape index (κ3) is 7.73. The van der Waals surface area contributed by atoms with Crippen LogP contribution in [0.5, 0.6) is 5.75 Å². The Balaban J connectivity index is 0.000000311. The van der Waals surface area contributed by atoms with Crippen molar-refractivity contribution in [2.45, 2.75) is 39.5 Å². The molecule has 0 bridgehead atoms. The van der Waals surface area contributed by atoms with Gasteiger partial charge < -0.3 is 14.8 Å². The number of methoxy groups -OCH3 is 1. The zero-order valence-corrected chi connectivity index (χ0v) is 21.6. The Hall–Kier alpha value is -1.71. The molecule has 3 rings (SSSR count). The van der Waals surface area contributed by atoms with Gasteiger partial charge in [0.15, 0.2) is 5.69 Å². The van der Waals surface area contributed by atoms with E-state index in [1.807, 2.05) is 25.1 Å². The first-order valence-electron chi connectivity index (χ1n) is 9.71. The topological polar surface area (TPSA) is 98.5 Å². The normalized spacial score (nSPS) is 12.7. The van der Waals surface area contributed by atoms with E-state index in [0.29, 0.717) is 11.1 Å². The Labute approximate surface area is 225 Å². The number of nitro groups is 1. The summed E-state index contributed by atoms with van der Waals surface area (Å²) in [6.45, 7) is 7.26. The van der Waals surface area contributed by atoms with E-state index < -0.39 is 4.92 Å². The van der Waals surface area contributed by atoms with E-state index in [4.69, 9.17) is 4.74 Å². The average molecular weight is 450 g/mol. The molecule has 1 N–H and O–H groups in total. The number of non-ortho nitro benzene ring substituents is 1. The summed E-state index contributed by atoms with van der Waals surface area (Å²) in [5.74, 6) is 1.16. The minimum Gasteiger partial charge on any atom is -0.496 e. The van der Waals surface area contributed by atoms with Gasteiger partial charge >= 0.3 is 51.4 Å². The number of nitrogens with zero attached hydrogens (tertiary/aromatic N) is 1. The summed E-state index contributed by atoms with van der Waals surface area (Å²) < 4.78 is 5.24. The molecule has 0 heterocycles. The number of amides is 1. The summed E-state index contributed by atoms with van der Waals surface area (Å²) in [5.41, 5.74) is 3.04. The molecule has 7 nitrogen and oxygen atoms in total. The summed E-state index contributed by atoms with van der Waals surface area (Å²) in [5, 5.41) is 13.4. The van der Waals surface area contributed by atoms with Crippen molar-refractivity contribution in [2.24, 2.45) is 5.92 Å². The molecule has 1 aliphatic carbocycles. The van der Waals surface area contributed by atoms with Crippen LogP contribution in [0.1, 0.15) is 47.9 Å². The fraction of sp³-hybridized carbons (Fsp3) is 0.348. The van der Waals surface area contributed by atoms with E-state index in [1.54, 1.807) is 20.3 Å². The van der Waals surface area contributed by atoms with Gasteiger partial charge in [-0.25, -0.2) is 11.1 Å². The second-order valence-electron chi connectivity index (χ2n) is 7.30. The van der Waals surface area contributed by atoms with E-state index in [-0.39, 0.29) is 74.5 Å². The molecular formula is C23H26KN2O5-. The third-order valence-electron chi connectivity index (χ3n) is 5.18. The van der Waals surface area contributed by atoms with E-state index in [2.05, 4.69) is 12.2 Å². The number of benzene rings is 2. The van der Waals surface area contributed by atoms with Crippen LogP contribution in [0.15, 0.2) is 30.3 Å². The van der Waals surface area contributed by atoms with Gasteiger partial charge in [0, 0.05) is 22.6 Å². The largest absolute Gasteiger partial charge is 1.00 e. The van der Waals surface area contributed by atoms with Crippen molar-refractivity contribution in [1.82, 2.24) is 0 Å². The van der Waals surface area contributed by atoms with Gasteiger partial charge in [-0.1, -0.05) is 31.9 Å². The maximum Gasteiger partial charge on any atom is 1.00 e. The number of nitro benzene ring substituents is 1. The molecule has 0 spiro atoms. The number of hydrogen-bond acceptors (Lipinski definition) is 5. The van der Waals surface area contributed by atoms with Crippen LogP contribution in [0.2, 0.25) is 0 Å². The van der Waals surface area contributed by atoms with Gasteiger partial charge in [-0.15, -0.1) is 6.07 Å². The quantitative estimate of drug-likeness (QED) is 0.324. The Bertz CT molecular complexity index is 940. The molecule has 1 fully saturated rings. The zero-order valence-electron chi connectivity index (χ0n) is 18.5. The Morgan fingerprint density at radius 3 is 2.39 bits per heavy atom. The summed E-state index contributed by atoms with van der Waals surface area (Å²) in [6, 6.07) is 8.31. The predicted molar refractivity (Wildman–Crippen MR) is 115 cm³/mol. The fourth-order valence-electron chi connectivity index (χ4n) is 3.32. The third-order valence-corrected chi connectivity index (χ3v) is 5.18. The van der Waals surface area contributed by atoms with Crippen molar-refractivity contribution in [3.63, 3.8) is 0 Å². The van der Waals surface area contributed by atoms with Crippen LogP contribution in [-0.2, 0) is 9.59 Å². The first kappa shape index (κ1) is 27.3. The minimum atomic E-state index is -0.548. The summed E-state index contributed by atoms with van der Waals surface area (Å²) in [4.78, 5) is 32.2. The fourth-order valence-corrected chi connectivity index (χ4v) is 3.32. The average Bonchev–Trinajstić information content (AvgIpc) is 3.26. The zero-order chi connectivity index (χ0) is 22.3. The van der Waals surface area contributed by atoms with E-state index >= 15 is 0 Å². The Morgan fingerprint density at radius 2 is 1.84 bits per heavy atom. The van der Waals surface area contributed by atoms with Gasteiger partial charge in [0.05, 0.1) is 7.11 Å². The van der Waals surface area contributed by atoms with E-state index in [1.165, 1.54) is 25.0 Å². The number of ether oxygens (including phenoxy) is 1. The first-order chi connectivity index (χ1) is 14.3. The molecule has 160 valence electrons. The van der Waals surface area contributed by atoms with Crippen molar-refractivity contribution in [3.8, 4) is 5.75 Å². The number of nitrogens with one attached hydrogen (secondary N) is 1. The molecule has 2 aromatic carbocycles. The van der Waals surface area contributed by atoms with Crippen LogP contribution >= 0.6 is 0 Å². The number of anilines is 1. The molecule has 1 aliphatic rings. The molecule has 8 heteroatoms. The van der Waals surface area contributed by atoms with Crippen LogP contribution < -0.4 is 61.4 Å². The molecular weight excluding hydrogens is 423 g/mol. The van der Waals surface area contributed by atoms with Gasteiger partial charge in [-0.2, -0.15) is 0 Å². The standard InChI is InChI=1S/C14H19NO2.C9H7NO3.K/c1-10-7-8-12(9-13(10)17-2)15-14(16)11-5-3-4-6-11;1-6-3-9(10(12)13)4-8(5-11)7(6)2;/h7-9,11H,3-6H2,1-2H3,(H,15,16);3-4H,2H2,1H3;/q;-2;+1. The molecule has 0 saturated heterocycles. The molecule has 0 atom stereocenters. The van der Waals surface area contributed by atoms with Gasteiger partial charge in [-0.3, -0.25) is 27.4 Å². The second kappa shape index (κ2) is 13.0. The molecule has 1 amide bonds. The molecule has 0 aliphatic heterocycles. The second-order valence-corrected chi connectivity index (χ2v) is 7.30. The van der Waals surface area contributed by atoms with Crippen LogP contribution in [0.4, 0.5) is 11.4 Å². The summed E-state index contributed by atoms with van der Waals surface area (Å²) in [7, 11) is 1.64. The van der Waals surface area contributed by atoms with Crippen LogP contribution in [0.3, 0.4) is 0 Å². The maximum absolute atomic E-state index is 11.9. The first-order valence-corrected chi connectivity index (χ1v) is 9.71. The van der Waals surface area contributed by atoms with E-state index in [0.717, 1.165) is 29.8 Å². The monoisotopic (exact) mass is 449 g/mol. The van der Waals surface area contributed by atoms with Crippen LogP contribution in [0, 0.1) is 36.8 Å². The molecule has 31 heavy (non-hydrogen) atoms. The van der Waals surface area contributed by atoms with E-state index in [9.17, 15) is 19.7 Å². The van der Waals surface area contributed by atoms with Gasteiger partial charge in [0.1, 0.15) is 5.75 Å². The predicted octanol–water partition coefficient (Wildman–Crippen LogP) is 1.68. The van der Waals surface area contributed by atoms with Gasteiger partial charge in [0.25, 0.3) is 0 Å². The summed E-state index contributed by atoms with van der Waals surface area (Å²) in [6.07, 6.45) is 6.01. The van der Waals surface area contributed by atoms with Crippen molar-refractivity contribution >= 4 is 23.6 Å². The van der Waals surface area contributed by atoms with Gasteiger partial charge in [-0.05, 0) is 37.7 Å². The van der Waals surface area contributed by atoms with Crippen molar-refractivity contribution in [3.05, 3.63) is 69.6 Å². The molecule has 1 saturated carbocycles. The summed E-state index contributed by atoms with van der Waals surface area (Å²) >= 11 is 0. The van der Waals surface area contributed by atoms with Crippen molar-refractivity contribution < 1.29 is 70.6 Å². The number of rotatable bonds is 5. The number of aryl methyl sites for hydroxylation is 2. The molecule has 0 radical (unpaired) electrons. The molecule has 0 aromatic heterocycles. The number of carbonyl (C=O) groups excluding carboxylic acids is 2. The number of carbonyl (C=O) groups is 1. The Kier molecular flexibility index (Phi) is 11.4. The SMILES string of the molecule is COc1cc(NC(=O)C2CCCC2)ccc1C.[CH2-]c1c(C)cc([N+](=O)[O-])cc1[C-]=O.[K+]. The van der Waals surface area contributed by atoms with Crippen LogP contribution in [0.25, 0.3) is 0 Å². The molecule has 0 unspecified atom stereocenters. The van der Waals surface area contributed by atoms with Gasteiger partial charge in [0.2, 0.25) is 5.91 Å². The minimum absolute atomic E-state index is 0. The Morgan fingerprint density at radius 1 is 1.19 bits per heavy atom. The molecule has 2 aromatic rings. The van der Waals surface area contributed by atoms with Crippen molar-refractivity contribution in [2.75, 3.05) is 12.4 Å². The maximum atomic E-state index is 11.9. The number of hydrogen-bond donors (Lipinski definition) is 1. The smallest absolute Gasteiger partial charge is 0.496 e.